The van der Waals surface area contributed by atoms with E-state index in [1.807, 2.05) is 42.5 Å². The highest BCUT2D eigenvalue weighted by atomic mass is 16.5. The van der Waals surface area contributed by atoms with Crippen LogP contribution in [0.15, 0.2) is 66.7 Å². The molecule has 2 atom stereocenters. The van der Waals surface area contributed by atoms with E-state index in [-0.39, 0.29) is 24.8 Å². The standard InChI is InChI=1S/C24H24N2O4/c1-16-13-24(22(27)29-2,23(28)30-3)14-19(16)21(17-9-5-4-6-10-17)26-20-12-8-7-11-18(20)15-25/h4-12,19,21,26H,1,13-14H2,2-3H3/t19-,21-/m0/s1. The second kappa shape index (κ2) is 8.83. The summed E-state index contributed by atoms with van der Waals surface area (Å²) in [6.45, 7) is 4.17. The van der Waals surface area contributed by atoms with Gasteiger partial charge in [0.1, 0.15) is 6.07 Å². The number of carbonyl (C=O) groups is 2. The number of benzene rings is 2. The van der Waals surface area contributed by atoms with Crippen LogP contribution in [0.1, 0.15) is 30.0 Å². The summed E-state index contributed by atoms with van der Waals surface area (Å²) in [5, 5.41) is 12.9. The Kier molecular flexibility index (Phi) is 6.22. The van der Waals surface area contributed by atoms with E-state index in [0.717, 1.165) is 11.1 Å². The lowest BCUT2D eigenvalue weighted by atomic mass is 9.82. The van der Waals surface area contributed by atoms with Gasteiger partial charge in [-0.05, 0) is 30.5 Å². The van der Waals surface area contributed by atoms with Gasteiger partial charge in [-0.3, -0.25) is 9.59 Å². The Bertz CT molecular complexity index is 978. The van der Waals surface area contributed by atoms with Gasteiger partial charge in [0.2, 0.25) is 0 Å². The maximum absolute atomic E-state index is 12.6. The highest BCUT2D eigenvalue weighted by Gasteiger charge is 2.56. The van der Waals surface area contributed by atoms with Crippen molar-refractivity contribution in [3.63, 3.8) is 0 Å². The third kappa shape index (κ3) is 3.79. The fourth-order valence-corrected chi connectivity index (χ4v) is 4.20. The minimum atomic E-state index is -1.42. The molecule has 1 fully saturated rings. The molecular formula is C24H24N2O4. The van der Waals surface area contributed by atoms with Crippen LogP contribution < -0.4 is 5.32 Å². The molecule has 0 amide bonds. The van der Waals surface area contributed by atoms with Crippen molar-refractivity contribution >= 4 is 17.6 Å². The second-order valence-electron chi connectivity index (χ2n) is 7.40. The molecule has 6 heteroatoms. The van der Waals surface area contributed by atoms with E-state index in [1.54, 1.807) is 12.1 Å². The summed E-state index contributed by atoms with van der Waals surface area (Å²) in [6, 6.07) is 18.8. The van der Waals surface area contributed by atoms with Crippen LogP contribution in [0.5, 0.6) is 0 Å². The average molecular weight is 404 g/mol. The smallest absolute Gasteiger partial charge is 0.323 e. The molecule has 1 aliphatic carbocycles. The zero-order valence-electron chi connectivity index (χ0n) is 17.1. The van der Waals surface area contributed by atoms with Crippen molar-refractivity contribution in [2.75, 3.05) is 19.5 Å². The van der Waals surface area contributed by atoms with Crippen molar-refractivity contribution in [2.45, 2.75) is 18.9 Å². The van der Waals surface area contributed by atoms with E-state index < -0.39 is 17.4 Å². The van der Waals surface area contributed by atoms with Crippen LogP contribution >= 0.6 is 0 Å². The molecule has 0 aliphatic heterocycles. The molecule has 2 aromatic carbocycles. The lowest BCUT2D eigenvalue weighted by Gasteiger charge is -2.29. The molecule has 30 heavy (non-hydrogen) atoms. The van der Waals surface area contributed by atoms with Gasteiger partial charge in [-0.1, -0.05) is 54.6 Å². The maximum Gasteiger partial charge on any atom is 0.323 e. The van der Waals surface area contributed by atoms with Gasteiger partial charge in [0.05, 0.1) is 31.5 Å². The van der Waals surface area contributed by atoms with Gasteiger partial charge in [-0.2, -0.15) is 5.26 Å². The van der Waals surface area contributed by atoms with Crippen molar-refractivity contribution in [1.82, 2.24) is 0 Å². The highest BCUT2D eigenvalue weighted by molar-refractivity contribution is 6.01. The van der Waals surface area contributed by atoms with E-state index in [0.29, 0.717) is 11.3 Å². The Labute approximate surface area is 176 Å². The first kappa shape index (κ1) is 21.1. The molecule has 0 unspecified atom stereocenters. The summed E-state index contributed by atoms with van der Waals surface area (Å²) < 4.78 is 9.91. The number of hydrogen-bond donors (Lipinski definition) is 1. The third-order valence-corrected chi connectivity index (χ3v) is 5.69. The molecule has 3 rings (SSSR count). The second-order valence-corrected chi connectivity index (χ2v) is 7.40. The SMILES string of the molecule is C=C1CC(C(=O)OC)(C(=O)OC)C[C@@H]1[C@@H](Nc1ccccc1C#N)c1ccccc1. The molecule has 6 nitrogen and oxygen atoms in total. The van der Waals surface area contributed by atoms with Crippen molar-refractivity contribution in [3.05, 3.63) is 77.9 Å². The topological polar surface area (TPSA) is 88.4 Å². The van der Waals surface area contributed by atoms with Crippen LogP contribution in [-0.4, -0.2) is 26.2 Å². The molecule has 0 radical (unpaired) electrons. The first-order valence-corrected chi connectivity index (χ1v) is 9.62. The van der Waals surface area contributed by atoms with E-state index in [4.69, 9.17) is 9.47 Å². The fourth-order valence-electron chi connectivity index (χ4n) is 4.20. The molecule has 0 heterocycles. The van der Waals surface area contributed by atoms with Crippen LogP contribution in [0, 0.1) is 22.7 Å². The van der Waals surface area contributed by atoms with Crippen molar-refractivity contribution in [2.24, 2.45) is 11.3 Å². The number of rotatable bonds is 6. The molecule has 0 aromatic heterocycles. The highest BCUT2D eigenvalue weighted by Crippen LogP contribution is 2.51. The summed E-state index contributed by atoms with van der Waals surface area (Å²) in [4.78, 5) is 25.2. The molecule has 2 aromatic rings. The Balaban J connectivity index is 2.04. The van der Waals surface area contributed by atoms with Gasteiger partial charge in [-0.15, -0.1) is 0 Å². The average Bonchev–Trinajstić information content (AvgIpc) is 3.15. The molecule has 0 saturated heterocycles. The number of methoxy groups -OCH3 is 2. The largest absolute Gasteiger partial charge is 0.468 e. The van der Waals surface area contributed by atoms with E-state index >= 15 is 0 Å². The predicted molar refractivity (Wildman–Crippen MR) is 112 cm³/mol. The summed E-state index contributed by atoms with van der Waals surface area (Å²) >= 11 is 0. The van der Waals surface area contributed by atoms with Gasteiger partial charge < -0.3 is 14.8 Å². The van der Waals surface area contributed by atoms with Crippen molar-refractivity contribution < 1.29 is 19.1 Å². The quantitative estimate of drug-likeness (QED) is 0.445. The Morgan fingerprint density at radius 1 is 1.10 bits per heavy atom. The number of nitrogens with zero attached hydrogens (tertiary/aromatic N) is 1. The molecule has 0 bridgehead atoms. The maximum atomic E-state index is 12.6. The number of esters is 2. The van der Waals surface area contributed by atoms with Crippen LogP contribution in [0.4, 0.5) is 5.69 Å². The van der Waals surface area contributed by atoms with Gasteiger partial charge in [-0.25, -0.2) is 0 Å². The van der Waals surface area contributed by atoms with Gasteiger partial charge >= 0.3 is 11.9 Å². The molecule has 154 valence electrons. The predicted octanol–water partition coefficient (Wildman–Crippen LogP) is 4.01. The molecule has 0 spiro atoms. The van der Waals surface area contributed by atoms with Crippen molar-refractivity contribution in [1.29, 1.82) is 5.26 Å². The summed E-state index contributed by atoms with van der Waals surface area (Å²) in [6.07, 6.45) is 0.356. The van der Waals surface area contributed by atoms with Crippen LogP contribution in [0.3, 0.4) is 0 Å². The normalized spacial score (nSPS) is 18.2. The summed E-state index contributed by atoms with van der Waals surface area (Å²) in [7, 11) is 2.53. The molecule has 1 saturated carbocycles. The zero-order chi connectivity index (χ0) is 21.7. The van der Waals surface area contributed by atoms with Crippen LogP contribution in [0.2, 0.25) is 0 Å². The minimum absolute atomic E-state index is 0.155. The minimum Gasteiger partial charge on any atom is -0.468 e. The first-order valence-electron chi connectivity index (χ1n) is 9.62. The van der Waals surface area contributed by atoms with Crippen LogP contribution in [-0.2, 0) is 19.1 Å². The Hall–Kier alpha value is -3.59. The summed E-state index contributed by atoms with van der Waals surface area (Å²) in [5.41, 5.74) is 1.47. The Morgan fingerprint density at radius 2 is 1.70 bits per heavy atom. The van der Waals surface area contributed by atoms with Gasteiger partial charge in [0.25, 0.3) is 0 Å². The monoisotopic (exact) mass is 404 g/mol. The van der Waals surface area contributed by atoms with Crippen LogP contribution in [0.25, 0.3) is 0 Å². The van der Waals surface area contributed by atoms with E-state index in [9.17, 15) is 14.9 Å². The number of nitrogens with one attached hydrogen (secondary N) is 1. The number of anilines is 1. The van der Waals surface area contributed by atoms with E-state index in [2.05, 4.69) is 18.0 Å². The third-order valence-electron chi connectivity index (χ3n) is 5.69. The van der Waals surface area contributed by atoms with Crippen molar-refractivity contribution in [3.8, 4) is 6.07 Å². The molecule has 1 aliphatic rings. The summed E-state index contributed by atoms with van der Waals surface area (Å²) in [5.74, 6) is -1.50. The lowest BCUT2D eigenvalue weighted by Crippen LogP contribution is -2.39. The number of carbonyl (C=O) groups excluding carboxylic acids is 2. The number of hydrogen-bond acceptors (Lipinski definition) is 6. The molecular weight excluding hydrogens is 380 g/mol. The first-order chi connectivity index (χ1) is 14.5. The molecule has 1 N–H and O–H groups in total. The lowest BCUT2D eigenvalue weighted by molar-refractivity contribution is -0.168. The number of nitriles is 1. The number of para-hydroxylation sites is 1. The Morgan fingerprint density at radius 3 is 2.30 bits per heavy atom. The van der Waals surface area contributed by atoms with Gasteiger partial charge in [0.15, 0.2) is 5.41 Å². The zero-order valence-corrected chi connectivity index (χ0v) is 17.1. The van der Waals surface area contributed by atoms with Gasteiger partial charge in [0, 0.05) is 5.92 Å². The van der Waals surface area contributed by atoms with E-state index in [1.165, 1.54) is 14.2 Å². The fraction of sp³-hybridized carbons (Fsp3) is 0.292. The number of ether oxygens (including phenoxy) is 2.